The number of non-ortho nitro benzene ring substituents is 1. The van der Waals surface area contributed by atoms with Crippen molar-refractivity contribution < 1.29 is 9.72 Å². The van der Waals surface area contributed by atoms with Crippen LogP contribution in [0.1, 0.15) is 35.2 Å². The number of halogens is 1. The number of nitrogens with zero attached hydrogens (tertiary/aromatic N) is 1. The van der Waals surface area contributed by atoms with E-state index < -0.39 is 4.92 Å². The Morgan fingerprint density at radius 2 is 2.25 bits per heavy atom. The number of rotatable bonds is 4. The highest BCUT2D eigenvalue weighted by Crippen LogP contribution is 2.29. The summed E-state index contributed by atoms with van der Waals surface area (Å²) < 4.78 is 0. The first-order valence-corrected chi connectivity index (χ1v) is 7.10. The van der Waals surface area contributed by atoms with Crippen LogP contribution in [0.3, 0.4) is 0 Å². The van der Waals surface area contributed by atoms with Gasteiger partial charge in [-0.25, -0.2) is 0 Å². The standard InChI is InChI=1S/C14H17ClN2O3/c1-9-7-11(17(19)20)5-6-12(9)14(18)16-8-10-3-2-4-13(10)15/h5-7,10,13H,2-4,8H2,1H3,(H,16,18). The molecule has 5 nitrogen and oxygen atoms in total. The molecule has 1 saturated carbocycles. The van der Waals surface area contributed by atoms with Crippen LogP contribution >= 0.6 is 11.6 Å². The SMILES string of the molecule is Cc1cc([N+](=O)[O-])ccc1C(=O)NCC1CCCC1Cl. The maximum Gasteiger partial charge on any atom is 0.269 e. The van der Waals surface area contributed by atoms with E-state index in [4.69, 9.17) is 11.6 Å². The van der Waals surface area contributed by atoms with E-state index >= 15 is 0 Å². The van der Waals surface area contributed by atoms with Gasteiger partial charge in [-0.2, -0.15) is 0 Å². The lowest BCUT2D eigenvalue weighted by atomic mass is 10.1. The lowest BCUT2D eigenvalue weighted by molar-refractivity contribution is -0.384. The number of nitro groups is 1. The van der Waals surface area contributed by atoms with Gasteiger partial charge in [0.05, 0.1) is 4.92 Å². The topological polar surface area (TPSA) is 72.2 Å². The van der Waals surface area contributed by atoms with Crippen molar-refractivity contribution in [2.45, 2.75) is 31.6 Å². The number of nitrogens with one attached hydrogen (secondary N) is 1. The summed E-state index contributed by atoms with van der Waals surface area (Å²) in [6, 6.07) is 4.26. The van der Waals surface area contributed by atoms with Gasteiger partial charge in [0.2, 0.25) is 0 Å². The van der Waals surface area contributed by atoms with Gasteiger partial charge in [-0.15, -0.1) is 11.6 Å². The number of alkyl halides is 1. The number of carbonyl (C=O) groups is 1. The summed E-state index contributed by atoms with van der Waals surface area (Å²) in [5, 5.41) is 13.7. The second-order valence-electron chi connectivity index (χ2n) is 5.17. The average Bonchev–Trinajstić information content (AvgIpc) is 2.81. The van der Waals surface area contributed by atoms with Crippen LogP contribution in [0.2, 0.25) is 0 Å². The van der Waals surface area contributed by atoms with Gasteiger partial charge in [0.1, 0.15) is 0 Å². The number of hydrogen-bond donors (Lipinski definition) is 1. The van der Waals surface area contributed by atoms with Crippen molar-refractivity contribution in [3.63, 3.8) is 0 Å². The molecular formula is C14H17ClN2O3. The first-order valence-electron chi connectivity index (χ1n) is 6.66. The van der Waals surface area contributed by atoms with Crippen molar-refractivity contribution in [1.29, 1.82) is 0 Å². The molecular weight excluding hydrogens is 280 g/mol. The number of benzene rings is 1. The first kappa shape index (κ1) is 14.8. The summed E-state index contributed by atoms with van der Waals surface area (Å²) in [4.78, 5) is 22.3. The zero-order chi connectivity index (χ0) is 14.7. The van der Waals surface area contributed by atoms with Crippen molar-refractivity contribution in [1.82, 2.24) is 5.32 Å². The van der Waals surface area contributed by atoms with Crippen molar-refractivity contribution in [3.8, 4) is 0 Å². The van der Waals surface area contributed by atoms with E-state index in [2.05, 4.69) is 5.32 Å². The van der Waals surface area contributed by atoms with Crippen molar-refractivity contribution in [2.24, 2.45) is 5.92 Å². The summed E-state index contributed by atoms with van der Waals surface area (Å²) in [6.07, 6.45) is 3.14. The van der Waals surface area contributed by atoms with Crippen LogP contribution in [0.4, 0.5) is 5.69 Å². The highest BCUT2D eigenvalue weighted by Gasteiger charge is 2.25. The summed E-state index contributed by atoms with van der Waals surface area (Å²) in [5.41, 5.74) is 1.07. The number of hydrogen-bond acceptors (Lipinski definition) is 3. The summed E-state index contributed by atoms with van der Waals surface area (Å²) >= 11 is 6.17. The van der Waals surface area contributed by atoms with Gasteiger partial charge in [0.15, 0.2) is 0 Å². The third-order valence-electron chi connectivity index (χ3n) is 3.76. The molecule has 108 valence electrons. The smallest absolute Gasteiger partial charge is 0.269 e. The summed E-state index contributed by atoms with van der Waals surface area (Å²) in [7, 11) is 0. The van der Waals surface area contributed by atoms with E-state index in [1.54, 1.807) is 6.92 Å². The Bertz CT molecular complexity index is 533. The Morgan fingerprint density at radius 1 is 1.50 bits per heavy atom. The highest BCUT2D eigenvalue weighted by atomic mass is 35.5. The molecule has 0 bridgehead atoms. The van der Waals surface area contributed by atoms with E-state index in [0.29, 0.717) is 23.6 Å². The van der Waals surface area contributed by atoms with Crippen LogP contribution in [0.15, 0.2) is 18.2 Å². The molecule has 0 saturated heterocycles. The van der Waals surface area contributed by atoms with Gasteiger partial charge in [0, 0.05) is 29.6 Å². The molecule has 1 aromatic carbocycles. The molecule has 0 spiro atoms. The van der Waals surface area contributed by atoms with Crippen molar-refractivity contribution in [2.75, 3.05) is 6.54 Å². The molecule has 0 radical (unpaired) electrons. The van der Waals surface area contributed by atoms with Crippen molar-refractivity contribution in [3.05, 3.63) is 39.4 Å². The van der Waals surface area contributed by atoms with E-state index in [9.17, 15) is 14.9 Å². The van der Waals surface area contributed by atoms with Gasteiger partial charge in [0.25, 0.3) is 11.6 Å². The van der Waals surface area contributed by atoms with Crippen LogP contribution < -0.4 is 5.32 Å². The molecule has 2 atom stereocenters. The third kappa shape index (κ3) is 3.28. The van der Waals surface area contributed by atoms with Crippen molar-refractivity contribution >= 4 is 23.2 Å². The van der Waals surface area contributed by atoms with Gasteiger partial charge >= 0.3 is 0 Å². The van der Waals surface area contributed by atoms with E-state index in [0.717, 1.165) is 19.3 Å². The van der Waals surface area contributed by atoms with Gasteiger partial charge in [-0.1, -0.05) is 6.42 Å². The molecule has 1 amide bonds. The number of nitro benzene ring substituents is 1. The number of amides is 1. The molecule has 6 heteroatoms. The molecule has 1 N–H and O–H groups in total. The average molecular weight is 297 g/mol. The molecule has 0 aromatic heterocycles. The molecule has 2 unspecified atom stereocenters. The van der Waals surface area contributed by atoms with Crippen LogP contribution in [0, 0.1) is 23.0 Å². The molecule has 1 aliphatic carbocycles. The predicted molar refractivity (Wildman–Crippen MR) is 77.1 cm³/mol. The van der Waals surface area contributed by atoms with Crippen LogP contribution in [-0.4, -0.2) is 22.8 Å². The third-order valence-corrected chi connectivity index (χ3v) is 4.33. The van der Waals surface area contributed by atoms with E-state index in [-0.39, 0.29) is 17.0 Å². The minimum atomic E-state index is -0.467. The Kier molecular flexibility index (Phi) is 4.60. The molecule has 0 aliphatic heterocycles. The highest BCUT2D eigenvalue weighted by molar-refractivity contribution is 6.21. The fraction of sp³-hybridized carbons (Fsp3) is 0.500. The minimum absolute atomic E-state index is 0.00401. The van der Waals surface area contributed by atoms with Crippen LogP contribution in [0.25, 0.3) is 0 Å². The second kappa shape index (κ2) is 6.22. The normalized spacial score (nSPS) is 21.7. The maximum absolute atomic E-state index is 12.1. The van der Waals surface area contributed by atoms with Crippen LogP contribution in [-0.2, 0) is 0 Å². The van der Waals surface area contributed by atoms with E-state index in [1.807, 2.05) is 0 Å². The molecule has 20 heavy (non-hydrogen) atoms. The summed E-state index contributed by atoms with van der Waals surface area (Å²) in [5.74, 6) is 0.118. The lowest BCUT2D eigenvalue weighted by Crippen LogP contribution is -2.31. The largest absolute Gasteiger partial charge is 0.352 e. The fourth-order valence-electron chi connectivity index (χ4n) is 2.56. The minimum Gasteiger partial charge on any atom is -0.352 e. The zero-order valence-electron chi connectivity index (χ0n) is 11.3. The first-order chi connectivity index (χ1) is 9.49. The fourth-order valence-corrected chi connectivity index (χ4v) is 2.93. The Hall–Kier alpha value is -1.62. The second-order valence-corrected chi connectivity index (χ2v) is 5.73. The molecule has 0 heterocycles. The predicted octanol–water partition coefficient (Wildman–Crippen LogP) is 3.04. The maximum atomic E-state index is 12.1. The Balaban J connectivity index is 2.00. The summed E-state index contributed by atoms with van der Waals surface area (Å²) in [6.45, 7) is 2.26. The molecule has 1 aliphatic rings. The molecule has 2 rings (SSSR count). The van der Waals surface area contributed by atoms with Gasteiger partial charge < -0.3 is 5.32 Å². The van der Waals surface area contributed by atoms with Gasteiger partial charge in [-0.3, -0.25) is 14.9 Å². The Morgan fingerprint density at radius 3 is 2.80 bits per heavy atom. The lowest BCUT2D eigenvalue weighted by Gasteiger charge is -2.15. The van der Waals surface area contributed by atoms with E-state index in [1.165, 1.54) is 18.2 Å². The molecule has 1 aromatic rings. The Labute approximate surface area is 122 Å². The zero-order valence-corrected chi connectivity index (χ0v) is 12.0. The van der Waals surface area contributed by atoms with Crippen LogP contribution in [0.5, 0.6) is 0 Å². The quantitative estimate of drug-likeness (QED) is 0.527. The number of aryl methyl sites for hydroxylation is 1. The molecule has 1 fully saturated rings. The monoisotopic (exact) mass is 296 g/mol. The van der Waals surface area contributed by atoms with Gasteiger partial charge in [-0.05, 0) is 37.3 Å². The number of carbonyl (C=O) groups excluding carboxylic acids is 1.